The SMILES string of the molecule is C/C(=C/CCC(C)[C@@H]1CC[C@]2(C)C3=C(CC[C@@]12C)[C@@]1(C)CC[C@@H](O)C(C)(C)C1CC3)CO. The molecule has 0 heterocycles. The van der Waals surface area contributed by atoms with Gasteiger partial charge in [0.15, 0.2) is 0 Å². The zero-order valence-electron chi connectivity index (χ0n) is 22.1. The Kier molecular flexibility index (Phi) is 6.33. The lowest BCUT2D eigenvalue weighted by atomic mass is 9.43. The highest BCUT2D eigenvalue weighted by Gasteiger charge is 2.63. The van der Waals surface area contributed by atoms with Gasteiger partial charge in [-0.15, -0.1) is 0 Å². The molecule has 0 aromatic rings. The van der Waals surface area contributed by atoms with E-state index in [1.165, 1.54) is 51.4 Å². The number of aliphatic hydroxyl groups is 2. The first kappa shape index (κ1) is 24.5. The molecule has 2 N–H and O–H groups in total. The third-order valence-electron chi connectivity index (χ3n) is 11.8. The van der Waals surface area contributed by atoms with Crippen molar-refractivity contribution in [3.63, 3.8) is 0 Å². The molecule has 182 valence electrons. The minimum absolute atomic E-state index is 0.0279. The van der Waals surface area contributed by atoms with E-state index < -0.39 is 0 Å². The Balaban J connectivity index is 1.62. The van der Waals surface area contributed by atoms with Crippen molar-refractivity contribution in [3.05, 3.63) is 22.8 Å². The molecule has 0 spiro atoms. The number of hydrogen-bond donors (Lipinski definition) is 2. The van der Waals surface area contributed by atoms with Crippen LogP contribution in [0.1, 0.15) is 113 Å². The van der Waals surface area contributed by atoms with Crippen LogP contribution in [0.15, 0.2) is 22.8 Å². The summed E-state index contributed by atoms with van der Waals surface area (Å²) >= 11 is 0. The Morgan fingerprint density at radius 1 is 1.00 bits per heavy atom. The van der Waals surface area contributed by atoms with Crippen molar-refractivity contribution < 1.29 is 10.2 Å². The lowest BCUT2D eigenvalue weighted by Gasteiger charge is -2.62. The second kappa shape index (κ2) is 8.26. The van der Waals surface area contributed by atoms with Crippen molar-refractivity contribution >= 4 is 0 Å². The molecule has 0 aliphatic heterocycles. The lowest BCUT2D eigenvalue weighted by Crippen LogP contribution is -2.55. The van der Waals surface area contributed by atoms with Crippen LogP contribution in [0.25, 0.3) is 0 Å². The van der Waals surface area contributed by atoms with Gasteiger partial charge in [-0.3, -0.25) is 0 Å². The quantitative estimate of drug-likeness (QED) is 0.434. The molecular formula is C30H50O2. The fourth-order valence-corrected chi connectivity index (χ4v) is 9.49. The second-order valence-electron chi connectivity index (χ2n) is 13.5. The van der Waals surface area contributed by atoms with Gasteiger partial charge in [-0.2, -0.15) is 0 Å². The third-order valence-corrected chi connectivity index (χ3v) is 11.8. The van der Waals surface area contributed by atoms with Crippen molar-refractivity contribution in [2.45, 2.75) is 119 Å². The minimum atomic E-state index is -0.146. The van der Waals surface area contributed by atoms with Gasteiger partial charge in [-0.05, 0) is 111 Å². The summed E-state index contributed by atoms with van der Waals surface area (Å²) in [7, 11) is 0. The fraction of sp³-hybridized carbons (Fsp3) is 0.867. The van der Waals surface area contributed by atoms with Gasteiger partial charge in [-0.1, -0.05) is 64.3 Å². The number of aliphatic hydroxyl groups excluding tert-OH is 2. The largest absolute Gasteiger partial charge is 0.393 e. The molecule has 0 radical (unpaired) electrons. The van der Waals surface area contributed by atoms with E-state index in [1.807, 2.05) is 18.1 Å². The summed E-state index contributed by atoms with van der Waals surface area (Å²) < 4.78 is 0. The number of rotatable bonds is 5. The highest BCUT2D eigenvalue weighted by Crippen LogP contribution is 2.72. The van der Waals surface area contributed by atoms with Crippen molar-refractivity contribution in [1.29, 1.82) is 0 Å². The van der Waals surface area contributed by atoms with Crippen molar-refractivity contribution in [1.82, 2.24) is 0 Å². The minimum Gasteiger partial charge on any atom is -0.393 e. The van der Waals surface area contributed by atoms with Crippen LogP contribution >= 0.6 is 0 Å². The predicted octanol–water partition coefficient (Wildman–Crippen LogP) is 7.45. The zero-order chi connectivity index (χ0) is 23.5. The molecule has 4 rings (SSSR count). The summed E-state index contributed by atoms with van der Waals surface area (Å²) in [4.78, 5) is 0. The van der Waals surface area contributed by atoms with E-state index in [9.17, 15) is 10.2 Å². The van der Waals surface area contributed by atoms with Gasteiger partial charge < -0.3 is 10.2 Å². The van der Waals surface area contributed by atoms with Crippen LogP contribution in [0.5, 0.6) is 0 Å². The Hall–Kier alpha value is -0.600. The predicted molar refractivity (Wildman–Crippen MR) is 134 cm³/mol. The van der Waals surface area contributed by atoms with Gasteiger partial charge in [0, 0.05) is 0 Å². The molecule has 2 nitrogen and oxygen atoms in total. The van der Waals surface area contributed by atoms with Crippen LogP contribution in [-0.4, -0.2) is 22.9 Å². The maximum atomic E-state index is 10.8. The summed E-state index contributed by atoms with van der Waals surface area (Å²) in [5.74, 6) is 2.16. The van der Waals surface area contributed by atoms with Crippen molar-refractivity contribution in [2.24, 2.45) is 39.4 Å². The van der Waals surface area contributed by atoms with Crippen LogP contribution in [0.2, 0.25) is 0 Å². The molecule has 0 aromatic heterocycles. The van der Waals surface area contributed by atoms with Crippen molar-refractivity contribution in [2.75, 3.05) is 6.61 Å². The normalized spacial score (nSPS) is 44.7. The van der Waals surface area contributed by atoms with Crippen LogP contribution in [0.4, 0.5) is 0 Å². The molecule has 2 fully saturated rings. The molecule has 2 unspecified atom stereocenters. The molecule has 7 atom stereocenters. The number of allylic oxidation sites excluding steroid dienone is 3. The molecule has 4 aliphatic carbocycles. The maximum absolute atomic E-state index is 10.8. The Morgan fingerprint density at radius 2 is 1.72 bits per heavy atom. The van der Waals surface area contributed by atoms with E-state index in [0.717, 1.165) is 30.3 Å². The summed E-state index contributed by atoms with van der Waals surface area (Å²) in [6, 6.07) is 0. The monoisotopic (exact) mass is 442 g/mol. The smallest absolute Gasteiger partial charge is 0.0639 e. The molecule has 0 amide bonds. The molecule has 2 saturated carbocycles. The topological polar surface area (TPSA) is 40.5 Å². The molecule has 0 bridgehead atoms. The Morgan fingerprint density at radius 3 is 2.41 bits per heavy atom. The van der Waals surface area contributed by atoms with Gasteiger partial charge in [0.1, 0.15) is 0 Å². The molecular weight excluding hydrogens is 392 g/mol. The third kappa shape index (κ3) is 3.41. The van der Waals surface area contributed by atoms with E-state index >= 15 is 0 Å². The maximum Gasteiger partial charge on any atom is 0.0639 e. The first-order valence-corrected chi connectivity index (χ1v) is 13.6. The summed E-state index contributed by atoms with van der Waals surface area (Å²) in [5, 5.41) is 20.1. The van der Waals surface area contributed by atoms with E-state index in [2.05, 4.69) is 47.6 Å². The summed E-state index contributed by atoms with van der Waals surface area (Å²) in [5.41, 5.74) is 5.86. The van der Waals surface area contributed by atoms with Crippen LogP contribution in [-0.2, 0) is 0 Å². The van der Waals surface area contributed by atoms with Crippen LogP contribution in [0, 0.1) is 39.4 Å². The van der Waals surface area contributed by atoms with E-state index in [4.69, 9.17) is 0 Å². The highest BCUT2D eigenvalue weighted by atomic mass is 16.3. The molecule has 0 saturated heterocycles. The van der Waals surface area contributed by atoms with Crippen molar-refractivity contribution in [3.8, 4) is 0 Å². The van der Waals surface area contributed by atoms with Crippen LogP contribution in [0.3, 0.4) is 0 Å². The zero-order valence-corrected chi connectivity index (χ0v) is 22.1. The summed E-state index contributed by atoms with van der Waals surface area (Å²) in [6.07, 6.45) is 14.5. The first-order valence-electron chi connectivity index (χ1n) is 13.6. The van der Waals surface area contributed by atoms with Gasteiger partial charge >= 0.3 is 0 Å². The van der Waals surface area contributed by atoms with Crippen LogP contribution < -0.4 is 0 Å². The average Bonchev–Trinajstić information content (AvgIpc) is 3.02. The van der Waals surface area contributed by atoms with E-state index in [1.54, 1.807) is 0 Å². The molecule has 32 heavy (non-hydrogen) atoms. The van der Waals surface area contributed by atoms with Gasteiger partial charge in [0.25, 0.3) is 0 Å². The molecule has 0 aromatic carbocycles. The molecule has 4 aliphatic rings. The van der Waals surface area contributed by atoms with Gasteiger partial charge in [0.2, 0.25) is 0 Å². The summed E-state index contributed by atoms with van der Waals surface area (Å²) in [6.45, 7) is 17.2. The second-order valence-corrected chi connectivity index (χ2v) is 13.5. The van der Waals surface area contributed by atoms with E-state index in [-0.39, 0.29) is 23.5 Å². The first-order chi connectivity index (χ1) is 14.9. The Labute approximate surface area is 198 Å². The van der Waals surface area contributed by atoms with Gasteiger partial charge in [0.05, 0.1) is 12.7 Å². The van der Waals surface area contributed by atoms with E-state index in [0.29, 0.717) is 16.7 Å². The average molecular weight is 443 g/mol. The number of fused-ring (bicyclic) bond motifs is 4. The highest BCUT2D eigenvalue weighted by molar-refractivity contribution is 5.38. The molecule has 2 heteroatoms. The number of hydrogen-bond acceptors (Lipinski definition) is 2. The van der Waals surface area contributed by atoms with Gasteiger partial charge in [-0.25, -0.2) is 0 Å². The Bertz CT molecular complexity index is 791. The lowest BCUT2D eigenvalue weighted by molar-refractivity contribution is -0.0962. The fourth-order valence-electron chi connectivity index (χ4n) is 9.49. The standard InChI is InChI=1S/C30H50O2/c1-20(19-31)9-8-10-21(2)22-13-17-30(7)24-11-12-25-27(3,4)26(32)15-16-28(25,5)23(24)14-18-29(22,30)6/h9,21-22,25-26,31-32H,8,10-19H2,1-7H3/b20-9-/t21?,22-,25?,26+,28+,29-,30+/m0/s1.